The van der Waals surface area contributed by atoms with E-state index in [1.54, 1.807) is 0 Å². The van der Waals surface area contributed by atoms with Crippen molar-refractivity contribution >= 4 is 22.5 Å². The molecule has 0 saturated heterocycles. The fourth-order valence-electron chi connectivity index (χ4n) is 1.24. The van der Waals surface area contributed by atoms with Crippen molar-refractivity contribution in [1.82, 2.24) is 0 Å². The molecule has 0 unspecified atom stereocenters. The molecule has 1 aromatic carbocycles. The van der Waals surface area contributed by atoms with Crippen molar-refractivity contribution < 1.29 is 14.4 Å². The molecule has 0 aliphatic rings. The number of fused-ring (bicyclic) bond motifs is 1. The van der Waals surface area contributed by atoms with Crippen molar-refractivity contribution in [2.45, 2.75) is 0 Å². The Bertz CT molecular complexity index is 559. The maximum absolute atomic E-state index is 10.4. The van der Waals surface area contributed by atoms with Crippen LogP contribution in [0.5, 0.6) is 5.75 Å². The van der Waals surface area contributed by atoms with Gasteiger partial charge in [0.15, 0.2) is 5.75 Å². The number of nitro groups is 1. The van der Waals surface area contributed by atoms with Gasteiger partial charge in [0, 0.05) is 17.3 Å². The summed E-state index contributed by atoms with van der Waals surface area (Å²) < 4.78 is 4.83. The SMILES string of the molecule is O=Nc1oc2ccc([N+](=O)[O-])cc2c1O. The van der Waals surface area contributed by atoms with E-state index in [9.17, 15) is 20.1 Å². The number of non-ortho nitro benzene ring substituents is 1. The molecule has 2 rings (SSSR count). The van der Waals surface area contributed by atoms with Crippen LogP contribution in [0.25, 0.3) is 11.0 Å². The highest BCUT2D eigenvalue weighted by atomic mass is 16.6. The van der Waals surface area contributed by atoms with Gasteiger partial charge in [-0.05, 0) is 6.07 Å². The zero-order valence-corrected chi connectivity index (χ0v) is 7.21. The van der Waals surface area contributed by atoms with Gasteiger partial charge in [-0.25, -0.2) is 0 Å². The van der Waals surface area contributed by atoms with E-state index >= 15 is 0 Å². The van der Waals surface area contributed by atoms with Gasteiger partial charge in [-0.15, -0.1) is 4.91 Å². The first-order valence-corrected chi connectivity index (χ1v) is 3.86. The highest BCUT2D eigenvalue weighted by molar-refractivity contribution is 5.90. The summed E-state index contributed by atoms with van der Waals surface area (Å²) in [5.41, 5.74) is -0.0243. The number of hydrogen-bond acceptors (Lipinski definition) is 6. The number of nitro benzene ring substituents is 1. The Morgan fingerprint density at radius 2 is 2.20 bits per heavy atom. The number of benzene rings is 1. The van der Waals surface area contributed by atoms with Crippen LogP contribution >= 0.6 is 0 Å². The summed E-state index contributed by atoms with van der Waals surface area (Å²) in [6.07, 6.45) is 0. The van der Waals surface area contributed by atoms with Crippen LogP contribution < -0.4 is 0 Å². The van der Waals surface area contributed by atoms with Crippen LogP contribution in [-0.2, 0) is 0 Å². The van der Waals surface area contributed by atoms with E-state index in [0.29, 0.717) is 0 Å². The number of nitroso groups, excluding NO2 is 1. The van der Waals surface area contributed by atoms with E-state index < -0.39 is 16.6 Å². The number of aromatic hydroxyl groups is 1. The lowest BCUT2D eigenvalue weighted by Gasteiger charge is -1.90. The Morgan fingerprint density at radius 3 is 2.80 bits per heavy atom. The minimum Gasteiger partial charge on any atom is -0.502 e. The summed E-state index contributed by atoms with van der Waals surface area (Å²) in [4.78, 5) is 20.0. The molecule has 0 fully saturated rings. The molecule has 0 aliphatic heterocycles. The standard InChI is InChI=1S/C8H4N2O5/c11-7-5-3-4(10(13)14)1-2-6(5)15-8(7)9-12/h1-3,11H. The lowest BCUT2D eigenvalue weighted by Crippen LogP contribution is -1.85. The second-order valence-corrected chi connectivity index (χ2v) is 2.78. The largest absolute Gasteiger partial charge is 0.502 e. The number of nitrogens with zero attached hydrogens (tertiary/aromatic N) is 2. The molecular weight excluding hydrogens is 204 g/mol. The zero-order chi connectivity index (χ0) is 11.0. The molecule has 7 nitrogen and oxygen atoms in total. The first kappa shape index (κ1) is 9.13. The molecule has 0 spiro atoms. The highest BCUT2D eigenvalue weighted by Crippen LogP contribution is 2.39. The first-order valence-electron chi connectivity index (χ1n) is 3.86. The molecule has 0 atom stereocenters. The molecule has 1 aromatic heterocycles. The van der Waals surface area contributed by atoms with Crippen molar-refractivity contribution in [3.8, 4) is 5.75 Å². The summed E-state index contributed by atoms with van der Waals surface area (Å²) in [5.74, 6) is -0.964. The van der Waals surface area contributed by atoms with Crippen molar-refractivity contribution in [1.29, 1.82) is 0 Å². The second-order valence-electron chi connectivity index (χ2n) is 2.78. The third-order valence-electron chi connectivity index (χ3n) is 1.92. The first-order chi connectivity index (χ1) is 7.13. The Morgan fingerprint density at radius 1 is 1.47 bits per heavy atom. The van der Waals surface area contributed by atoms with E-state index in [4.69, 9.17) is 4.42 Å². The Labute approximate surface area is 82.0 Å². The molecule has 0 saturated carbocycles. The monoisotopic (exact) mass is 208 g/mol. The highest BCUT2D eigenvalue weighted by Gasteiger charge is 2.17. The van der Waals surface area contributed by atoms with Gasteiger partial charge in [0.2, 0.25) is 0 Å². The van der Waals surface area contributed by atoms with Crippen LogP contribution in [0.1, 0.15) is 0 Å². The summed E-state index contributed by atoms with van der Waals surface area (Å²) in [6, 6.07) is 3.62. The molecule has 0 radical (unpaired) electrons. The van der Waals surface area contributed by atoms with Gasteiger partial charge >= 0.3 is 5.88 Å². The smallest absolute Gasteiger partial charge is 0.304 e. The quantitative estimate of drug-likeness (QED) is 0.463. The van der Waals surface area contributed by atoms with E-state index in [0.717, 1.165) is 6.07 Å². The third kappa shape index (κ3) is 1.30. The topological polar surface area (TPSA) is 106 Å². The van der Waals surface area contributed by atoms with Gasteiger partial charge in [-0.3, -0.25) is 10.1 Å². The number of furan rings is 1. The van der Waals surface area contributed by atoms with Gasteiger partial charge in [0.05, 0.1) is 10.3 Å². The molecule has 2 aromatic rings. The predicted octanol–water partition coefficient (Wildman–Crippen LogP) is 2.44. The molecule has 15 heavy (non-hydrogen) atoms. The van der Waals surface area contributed by atoms with Crippen LogP contribution in [0.2, 0.25) is 0 Å². The van der Waals surface area contributed by atoms with Crippen LogP contribution in [0.3, 0.4) is 0 Å². The fourth-order valence-corrected chi connectivity index (χ4v) is 1.24. The van der Waals surface area contributed by atoms with Gasteiger partial charge in [-0.2, -0.15) is 0 Å². The van der Waals surface area contributed by atoms with Crippen LogP contribution in [-0.4, -0.2) is 10.0 Å². The van der Waals surface area contributed by atoms with Gasteiger partial charge in [0.25, 0.3) is 5.69 Å². The van der Waals surface area contributed by atoms with E-state index in [1.165, 1.54) is 12.1 Å². The minimum atomic E-state index is -0.611. The fraction of sp³-hybridized carbons (Fsp3) is 0. The van der Waals surface area contributed by atoms with Gasteiger partial charge in [0.1, 0.15) is 5.58 Å². The molecule has 0 aliphatic carbocycles. The molecule has 76 valence electrons. The van der Waals surface area contributed by atoms with Crippen molar-refractivity contribution in [2.24, 2.45) is 5.18 Å². The second kappa shape index (κ2) is 3.05. The van der Waals surface area contributed by atoms with E-state index in [1.807, 2.05) is 0 Å². The third-order valence-corrected chi connectivity index (χ3v) is 1.92. The van der Waals surface area contributed by atoms with Crippen LogP contribution in [0.4, 0.5) is 11.6 Å². The summed E-state index contributed by atoms with van der Waals surface area (Å²) in [6.45, 7) is 0. The molecular formula is C8H4N2O5. The van der Waals surface area contributed by atoms with Crippen LogP contribution in [0.15, 0.2) is 27.8 Å². The number of hydrogen-bond donors (Lipinski definition) is 1. The molecule has 7 heteroatoms. The number of rotatable bonds is 2. The van der Waals surface area contributed by atoms with Crippen molar-refractivity contribution in [2.75, 3.05) is 0 Å². The maximum atomic E-state index is 10.4. The predicted molar refractivity (Wildman–Crippen MR) is 50.0 cm³/mol. The Hall–Kier alpha value is -2.44. The van der Waals surface area contributed by atoms with E-state index in [-0.39, 0.29) is 16.7 Å². The van der Waals surface area contributed by atoms with Gasteiger partial charge in [-0.1, -0.05) is 0 Å². The van der Waals surface area contributed by atoms with Crippen molar-refractivity contribution in [3.05, 3.63) is 33.2 Å². The zero-order valence-electron chi connectivity index (χ0n) is 7.21. The summed E-state index contributed by atoms with van der Waals surface area (Å²) in [7, 11) is 0. The average Bonchev–Trinajstić information content (AvgIpc) is 2.55. The van der Waals surface area contributed by atoms with Crippen LogP contribution in [0, 0.1) is 15.0 Å². The maximum Gasteiger partial charge on any atom is 0.304 e. The lowest BCUT2D eigenvalue weighted by atomic mass is 10.2. The normalized spacial score (nSPS) is 10.4. The lowest BCUT2D eigenvalue weighted by molar-refractivity contribution is -0.384. The molecule has 0 bridgehead atoms. The summed E-state index contributed by atoms with van der Waals surface area (Å²) >= 11 is 0. The molecule has 0 amide bonds. The minimum absolute atomic E-state index is 0.0961. The molecule has 1 N–H and O–H groups in total. The van der Waals surface area contributed by atoms with E-state index in [2.05, 4.69) is 5.18 Å². The molecule has 1 heterocycles. The van der Waals surface area contributed by atoms with Crippen molar-refractivity contribution in [3.63, 3.8) is 0 Å². The summed E-state index contributed by atoms with van der Waals surface area (Å²) in [5, 5.41) is 22.4. The Balaban J connectivity index is 2.75. The Kier molecular flexibility index (Phi) is 1.86. The average molecular weight is 208 g/mol. The van der Waals surface area contributed by atoms with Gasteiger partial charge < -0.3 is 9.52 Å².